The molecule has 0 radical (unpaired) electrons. The molecule has 0 spiro atoms. The summed E-state index contributed by atoms with van der Waals surface area (Å²) in [6, 6.07) is 7.60. The van der Waals surface area contributed by atoms with E-state index >= 15 is 0 Å². The van der Waals surface area contributed by atoms with E-state index in [9.17, 15) is 8.42 Å². The second kappa shape index (κ2) is 5.93. The van der Waals surface area contributed by atoms with Crippen molar-refractivity contribution >= 4 is 37.4 Å². The molecule has 1 saturated heterocycles. The highest BCUT2D eigenvalue weighted by molar-refractivity contribution is 9.09. The van der Waals surface area contributed by atoms with Crippen LogP contribution >= 0.6 is 27.5 Å². The lowest BCUT2D eigenvalue weighted by molar-refractivity contribution is 0.533. The Balaban J connectivity index is 2.12. The van der Waals surface area contributed by atoms with Gasteiger partial charge in [-0.05, 0) is 30.9 Å². The number of hydrogen-bond donors (Lipinski definition) is 0. The van der Waals surface area contributed by atoms with Crippen LogP contribution in [0.3, 0.4) is 0 Å². The fourth-order valence-corrected chi connectivity index (χ4v) is 6.18. The quantitative estimate of drug-likeness (QED) is 0.780. The molecule has 0 saturated carbocycles. The van der Waals surface area contributed by atoms with Crippen molar-refractivity contribution in [3.05, 3.63) is 34.9 Å². The Labute approximate surface area is 122 Å². The number of benzene rings is 1. The average molecular weight is 352 g/mol. The summed E-state index contributed by atoms with van der Waals surface area (Å²) in [7, 11) is -2.95. The Bertz CT molecular complexity index is 515. The van der Waals surface area contributed by atoms with Gasteiger partial charge in [0, 0.05) is 9.85 Å². The normalized spacial score (nSPS) is 24.7. The van der Waals surface area contributed by atoms with Gasteiger partial charge in [-0.25, -0.2) is 8.42 Å². The lowest BCUT2D eigenvalue weighted by atomic mass is 10.0. The summed E-state index contributed by atoms with van der Waals surface area (Å²) >= 11 is 9.66. The van der Waals surface area contributed by atoms with Gasteiger partial charge in [0.15, 0.2) is 9.84 Å². The van der Waals surface area contributed by atoms with Gasteiger partial charge >= 0.3 is 0 Å². The first-order valence-corrected chi connectivity index (χ1v) is 9.10. The number of hydrogen-bond acceptors (Lipinski definition) is 2. The molecule has 2 unspecified atom stereocenters. The molecule has 1 aromatic rings. The van der Waals surface area contributed by atoms with E-state index in [1.54, 1.807) is 0 Å². The van der Waals surface area contributed by atoms with Gasteiger partial charge in [-0.3, -0.25) is 0 Å². The zero-order chi connectivity index (χ0) is 13.2. The van der Waals surface area contributed by atoms with E-state index < -0.39 is 9.84 Å². The van der Waals surface area contributed by atoms with E-state index in [0.717, 1.165) is 24.8 Å². The maximum Gasteiger partial charge on any atom is 0.154 e. The van der Waals surface area contributed by atoms with Gasteiger partial charge in [0.2, 0.25) is 0 Å². The molecular formula is C13H16BrClO2S. The largest absolute Gasteiger partial charge is 0.229 e. The second-order valence-corrected chi connectivity index (χ2v) is 8.64. The van der Waals surface area contributed by atoms with Crippen LogP contribution in [-0.2, 0) is 16.3 Å². The monoisotopic (exact) mass is 350 g/mol. The molecule has 2 rings (SSSR count). The van der Waals surface area contributed by atoms with Crippen molar-refractivity contribution in [3.63, 3.8) is 0 Å². The minimum absolute atomic E-state index is 0.0531. The molecule has 18 heavy (non-hydrogen) atoms. The highest BCUT2D eigenvalue weighted by atomic mass is 79.9. The third-order valence-corrected chi connectivity index (χ3v) is 7.43. The first kappa shape index (κ1) is 14.4. The molecule has 0 bridgehead atoms. The minimum Gasteiger partial charge on any atom is -0.229 e. The summed E-state index contributed by atoms with van der Waals surface area (Å²) in [6.45, 7) is 0. The van der Waals surface area contributed by atoms with Crippen LogP contribution in [0.5, 0.6) is 0 Å². The Morgan fingerprint density at radius 2 is 2.06 bits per heavy atom. The van der Waals surface area contributed by atoms with Crippen LogP contribution < -0.4 is 0 Å². The molecule has 2 nitrogen and oxygen atoms in total. The first-order valence-electron chi connectivity index (χ1n) is 6.10. The number of rotatable bonds is 3. The van der Waals surface area contributed by atoms with Crippen LogP contribution in [0, 0.1) is 0 Å². The van der Waals surface area contributed by atoms with Crippen molar-refractivity contribution in [1.82, 2.24) is 0 Å². The highest BCUT2D eigenvalue weighted by Crippen LogP contribution is 2.29. The van der Waals surface area contributed by atoms with Crippen LogP contribution in [0.2, 0.25) is 5.02 Å². The summed E-state index contributed by atoms with van der Waals surface area (Å²) in [5.41, 5.74) is 1.00. The first-order chi connectivity index (χ1) is 8.50. The van der Waals surface area contributed by atoms with Crippen molar-refractivity contribution in [1.29, 1.82) is 0 Å². The minimum atomic E-state index is -2.95. The Morgan fingerprint density at radius 1 is 1.33 bits per heavy atom. The molecule has 1 aliphatic rings. The van der Waals surface area contributed by atoms with Crippen molar-refractivity contribution in [2.45, 2.75) is 35.8 Å². The zero-order valence-electron chi connectivity index (χ0n) is 9.98. The molecule has 0 aliphatic carbocycles. The fraction of sp³-hybridized carbons (Fsp3) is 0.538. The van der Waals surface area contributed by atoms with Gasteiger partial charge in [-0.15, -0.1) is 0 Å². The number of halogens is 2. The van der Waals surface area contributed by atoms with Gasteiger partial charge in [0.25, 0.3) is 0 Å². The van der Waals surface area contributed by atoms with E-state index in [1.165, 1.54) is 0 Å². The molecule has 1 aromatic carbocycles. The third-order valence-electron chi connectivity index (χ3n) is 3.40. The Kier molecular flexibility index (Phi) is 4.73. The van der Waals surface area contributed by atoms with Crippen LogP contribution in [0.1, 0.15) is 24.8 Å². The van der Waals surface area contributed by atoms with Gasteiger partial charge in [-0.2, -0.15) is 0 Å². The molecule has 1 aliphatic heterocycles. The van der Waals surface area contributed by atoms with Gasteiger partial charge in [0.05, 0.1) is 11.0 Å². The van der Waals surface area contributed by atoms with E-state index in [-0.39, 0.29) is 10.1 Å². The van der Waals surface area contributed by atoms with Gasteiger partial charge in [-0.1, -0.05) is 52.2 Å². The fourth-order valence-electron chi connectivity index (χ4n) is 2.39. The topological polar surface area (TPSA) is 34.1 Å². The lowest BCUT2D eigenvalue weighted by Crippen LogP contribution is -2.36. The number of sulfone groups is 1. The average Bonchev–Trinajstić information content (AvgIpc) is 2.31. The zero-order valence-corrected chi connectivity index (χ0v) is 13.1. The van der Waals surface area contributed by atoms with E-state index in [2.05, 4.69) is 15.9 Å². The van der Waals surface area contributed by atoms with Crippen molar-refractivity contribution < 1.29 is 8.42 Å². The standard InChI is InChI=1S/C13H16BrClO2S/c14-11(9-10-5-1-2-6-12(10)15)13-7-3-4-8-18(13,16)17/h1-2,5-6,11,13H,3-4,7-9H2. The van der Waals surface area contributed by atoms with Gasteiger partial charge in [0.1, 0.15) is 0 Å². The summed E-state index contributed by atoms with van der Waals surface area (Å²) < 4.78 is 24.1. The van der Waals surface area contributed by atoms with Gasteiger partial charge < -0.3 is 0 Å². The molecule has 0 N–H and O–H groups in total. The van der Waals surface area contributed by atoms with Crippen LogP contribution in [0.15, 0.2) is 24.3 Å². The Hall–Kier alpha value is -0.0600. The molecular weight excluding hydrogens is 336 g/mol. The van der Waals surface area contributed by atoms with E-state index in [4.69, 9.17) is 11.6 Å². The molecule has 0 aromatic heterocycles. The molecule has 1 heterocycles. The predicted molar refractivity (Wildman–Crippen MR) is 79.3 cm³/mol. The maximum atomic E-state index is 12.0. The Morgan fingerprint density at radius 3 is 2.72 bits per heavy atom. The lowest BCUT2D eigenvalue weighted by Gasteiger charge is -2.26. The smallest absolute Gasteiger partial charge is 0.154 e. The molecule has 5 heteroatoms. The molecule has 100 valence electrons. The molecule has 1 fully saturated rings. The summed E-state index contributed by atoms with van der Waals surface area (Å²) in [6.07, 6.45) is 3.20. The van der Waals surface area contributed by atoms with Crippen molar-refractivity contribution in [2.24, 2.45) is 0 Å². The summed E-state index contributed by atoms with van der Waals surface area (Å²) in [5.74, 6) is 0.322. The molecule has 2 atom stereocenters. The summed E-state index contributed by atoms with van der Waals surface area (Å²) in [4.78, 5) is -0.0531. The number of alkyl halides is 1. The predicted octanol–water partition coefficient (Wildman–Crippen LogP) is 3.61. The van der Waals surface area contributed by atoms with Crippen LogP contribution in [0.4, 0.5) is 0 Å². The van der Waals surface area contributed by atoms with Crippen molar-refractivity contribution in [2.75, 3.05) is 5.75 Å². The second-order valence-electron chi connectivity index (χ2n) is 4.71. The molecule has 0 amide bonds. The SMILES string of the molecule is O=S1(=O)CCCCC1C(Br)Cc1ccccc1Cl. The highest BCUT2D eigenvalue weighted by Gasteiger charge is 2.34. The van der Waals surface area contributed by atoms with E-state index in [1.807, 2.05) is 24.3 Å². The van der Waals surface area contributed by atoms with Crippen molar-refractivity contribution in [3.8, 4) is 0 Å². The third kappa shape index (κ3) is 3.28. The van der Waals surface area contributed by atoms with Crippen LogP contribution in [-0.4, -0.2) is 24.2 Å². The summed E-state index contributed by atoms with van der Waals surface area (Å²) in [5, 5.41) is 0.428. The van der Waals surface area contributed by atoms with Crippen LogP contribution in [0.25, 0.3) is 0 Å². The maximum absolute atomic E-state index is 12.0. The van der Waals surface area contributed by atoms with E-state index in [0.29, 0.717) is 17.2 Å².